The second-order valence-electron chi connectivity index (χ2n) is 5.42. The highest BCUT2D eigenvalue weighted by Gasteiger charge is 2.14. The normalized spacial score (nSPS) is 10.8. The van der Waals surface area contributed by atoms with Crippen LogP contribution in [0.15, 0.2) is 48.9 Å². The molecule has 0 saturated carbocycles. The molecule has 0 bridgehead atoms. The monoisotopic (exact) mass is 364 g/mol. The van der Waals surface area contributed by atoms with Gasteiger partial charge in [0.2, 0.25) is 0 Å². The molecule has 0 radical (unpaired) electrons. The predicted octanol–water partition coefficient (Wildman–Crippen LogP) is 2.43. The van der Waals surface area contributed by atoms with Gasteiger partial charge in [-0.1, -0.05) is 0 Å². The zero-order valence-corrected chi connectivity index (χ0v) is 14.1. The van der Waals surface area contributed by atoms with Gasteiger partial charge >= 0.3 is 0 Å². The van der Waals surface area contributed by atoms with E-state index in [1.165, 1.54) is 17.5 Å². The maximum atomic E-state index is 12.5. The van der Waals surface area contributed by atoms with Crippen LogP contribution < -0.4 is 11.1 Å². The van der Waals surface area contributed by atoms with Crippen LogP contribution in [0.2, 0.25) is 0 Å². The van der Waals surface area contributed by atoms with Crippen LogP contribution in [0.3, 0.4) is 0 Å². The summed E-state index contributed by atoms with van der Waals surface area (Å²) in [5.41, 5.74) is 7.53. The highest BCUT2D eigenvalue weighted by Crippen LogP contribution is 2.26. The minimum atomic E-state index is -0.635. The number of primary amides is 1. The Morgan fingerprint density at radius 3 is 2.73 bits per heavy atom. The average Bonchev–Trinajstić information content (AvgIpc) is 3.29. The Balaban J connectivity index is 1.58. The number of aromatic nitrogens is 4. The summed E-state index contributed by atoms with van der Waals surface area (Å²) in [4.78, 5) is 32.6. The molecule has 4 N–H and O–H groups in total. The number of amides is 2. The molecule has 0 spiro atoms. The molecule has 8 nitrogen and oxygen atoms in total. The predicted molar refractivity (Wildman–Crippen MR) is 97.9 cm³/mol. The Morgan fingerprint density at radius 2 is 1.96 bits per heavy atom. The van der Waals surface area contributed by atoms with Crippen molar-refractivity contribution < 1.29 is 9.59 Å². The van der Waals surface area contributed by atoms with E-state index in [9.17, 15) is 9.59 Å². The molecule has 0 aliphatic heterocycles. The fraction of sp³-hybridized carbons (Fsp3) is 0. The molecule has 0 atom stereocenters. The number of nitrogens with one attached hydrogen (secondary N) is 2. The molecule has 1 aromatic carbocycles. The van der Waals surface area contributed by atoms with E-state index >= 15 is 0 Å². The molecular weight excluding hydrogens is 352 g/mol. The summed E-state index contributed by atoms with van der Waals surface area (Å²) in [6.45, 7) is 0. The molecule has 4 aromatic rings. The van der Waals surface area contributed by atoms with E-state index in [2.05, 4.69) is 25.5 Å². The Hall–Kier alpha value is -3.59. The van der Waals surface area contributed by atoms with Crippen LogP contribution in [0.4, 0.5) is 5.69 Å². The highest BCUT2D eigenvalue weighted by atomic mass is 32.1. The van der Waals surface area contributed by atoms with E-state index in [-0.39, 0.29) is 11.6 Å². The zero-order valence-electron chi connectivity index (χ0n) is 13.3. The first-order valence-electron chi connectivity index (χ1n) is 7.57. The van der Waals surface area contributed by atoms with Crippen LogP contribution in [-0.2, 0) is 0 Å². The molecule has 128 valence electrons. The molecule has 2 amide bonds. The lowest BCUT2D eigenvalue weighted by atomic mass is 10.2. The minimum Gasteiger partial charge on any atom is -0.364 e. The zero-order chi connectivity index (χ0) is 18.1. The summed E-state index contributed by atoms with van der Waals surface area (Å²) in [5, 5.41) is 10.7. The number of nitrogens with two attached hydrogens (primary N) is 1. The number of rotatable bonds is 4. The van der Waals surface area contributed by atoms with E-state index in [1.54, 1.807) is 30.6 Å². The number of thiazole rings is 1. The van der Waals surface area contributed by atoms with Gasteiger partial charge in [-0.15, -0.1) is 11.3 Å². The number of carbonyl (C=O) groups excluding carboxylic acids is 2. The Kier molecular flexibility index (Phi) is 3.90. The van der Waals surface area contributed by atoms with Crippen molar-refractivity contribution in [2.75, 3.05) is 5.32 Å². The van der Waals surface area contributed by atoms with Crippen molar-refractivity contribution in [2.24, 2.45) is 5.73 Å². The molecule has 3 aromatic heterocycles. The van der Waals surface area contributed by atoms with Gasteiger partial charge in [0.25, 0.3) is 11.8 Å². The molecule has 3 heterocycles. The van der Waals surface area contributed by atoms with Gasteiger partial charge in [-0.2, -0.15) is 5.10 Å². The van der Waals surface area contributed by atoms with Gasteiger partial charge in [-0.25, -0.2) is 4.98 Å². The first kappa shape index (κ1) is 15.9. The fourth-order valence-electron chi connectivity index (χ4n) is 2.48. The maximum Gasteiger partial charge on any atom is 0.269 e. The Bertz CT molecular complexity index is 1120. The summed E-state index contributed by atoms with van der Waals surface area (Å²) >= 11 is 1.28. The van der Waals surface area contributed by atoms with Gasteiger partial charge in [-0.05, 0) is 30.3 Å². The number of anilines is 1. The van der Waals surface area contributed by atoms with Crippen LogP contribution in [0, 0.1) is 0 Å². The third kappa shape index (κ3) is 2.91. The van der Waals surface area contributed by atoms with Gasteiger partial charge in [-0.3, -0.25) is 19.7 Å². The number of carbonyl (C=O) groups is 2. The van der Waals surface area contributed by atoms with Crippen LogP contribution >= 0.6 is 11.3 Å². The van der Waals surface area contributed by atoms with Crippen LogP contribution in [0.5, 0.6) is 0 Å². The van der Waals surface area contributed by atoms with Crippen LogP contribution in [0.25, 0.3) is 21.5 Å². The number of nitrogens with zero attached hydrogens (tertiary/aromatic N) is 3. The van der Waals surface area contributed by atoms with Crippen LogP contribution in [0.1, 0.15) is 20.2 Å². The van der Waals surface area contributed by atoms with Crippen molar-refractivity contribution in [1.82, 2.24) is 20.2 Å². The van der Waals surface area contributed by atoms with Gasteiger partial charge in [0.15, 0.2) is 5.69 Å². The molecule has 9 heteroatoms. The lowest BCUT2D eigenvalue weighted by Crippen LogP contribution is -2.12. The number of benzene rings is 1. The van der Waals surface area contributed by atoms with Crippen molar-refractivity contribution in [3.8, 4) is 10.6 Å². The number of pyridine rings is 1. The summed E-state index contributed by atoms with van der Waals surface area (Å²) in [5.74, 6) is -0.921. The van der Waals surface area contributed by atoms with Crippen molar-refractivity contribution in [3.05, 3.63) is 59.5 Å². The lowest BCUT2D eigenvalue weighted by molar-refractivity contribution is 0.0995. The summed E-state index contributed by atoms with van der Waals surface area (Å²) < 4.78 is 0. The minimum absolute atomic E-state index is 0.133. The molecule has 0 aliphatic rings. The van der Waals surface area contributed by atoms with Crippen LogP contribution in [-0.4, -0.2) is 32.0 Å². The quantitative estimate of drug-likeness (QED) is 0.512. The summed E-state index contributed by atoms with van der Waals surface area (Å²) in [6, 6.07) is 8.76. The number of hydrogen-bond donors (Lipinski definition) is 3. The van der Waals surface area contributed by atoms with E-state index in [0.717, 1.165) is 10.6 Å². The SMILES string of the molecule is NC(=O)c1n[nH]c2ccc(NC(=O)c3cnc(-c4ccncc4)s3)cc12. The third-order valence-electron chi connectivity index (χ3n) is 3.71. The third-order valence-corrected chi connectivity index (χ3v) is 4.76. The first-order valence-corrected chi connectivity index (χ1v) is 8.39. The number of aromatic amines is 1. The van der Waals surface area contributed by atoms with E-state index in [0.29, 0.717) is 21.5 Å². The average molecular weight is 364 g/mol. The number of hydrogen-bond acceptors (Lipinski definition) is 6. The van der Waals surface area contributed by atoms with Crippen molar-refractivity contribution in [1.29, 1.82) is 0 Å². The topological polar surface area (TPSA) is 127 Å². The standard InChI is InChI=1S/C17H12N6O2S/c18-15(24)14-11-7-10(1-2-12(11)22-23-14)21-16(25)13-8-20-17(26-13)9-3-5-19-6-4-9/h1-8H,(H2,18,24)(H,21,25)(H,22,23). The molecule has 4 rings (SSSR count). The van der Waals surface area contributed by atoms with Crippen molar-refractivity contribution in [3.63, 3.8) is 0 Å². The van der Waals surface area contributed by atoms with Gasteiger partial charge < -0.3 is 11.1 Å². The smallest absolute Gasteiger partial charge is 0.269 e. The second kappa shape index (κ2) is 6.37. The Labute approximate surface area is 151 Å². The summed E-state index contributed by atoms with van der Waals surface area (Å²) in [6.07, 6.45) is 4.88. The van der Waals surface area contributed by atoms with E-state index in [1.807, 2.05) is 12.1 Å². The fourth-order valence-corrected chi connectivity index (χ4v) is 3.30. The van der Waals surface area contributed by atoms with Crippen molar-refractivity contribution in [2.45, 2.75) is 0 Å². The second-order valence-corrected chi connectivity index (χ2v) is 6.45. The maximum absolute atomic E-state index is 12.5. The number of H-pyrrole nitrogens is 1. The lowest BCUT2D eigenvalue weighted by Gasteiger charge is -2.03. The Morgan fingerprint density at radius 1 is 1.15 bits per heavy atom. The molecule has 0 saturated heterocycles. The van der Waals surface area contributed by atoms with Gasteiger partial charge in [0.1, 0.15) is 9.88 Å². The summed E-state index contributed by atoms with van der Waals surface area (Å²) in [7, 11) is 0. The van der Waals surface area contributed by atoms with E-state index in [4.69, 9.17) is 5.73 Å². The molecule has 0 unspecified atom stereocenters. The van der Waals surface area contributed by atoms with E-state index < -0.39 is 5.91 Å². The molecule has 26 heavy (non-hydrogen) atoms. The highest BCUT2D eigenvalue weighted by molar-refractivity contribution is 7.17. The molecule has 0 aliphatic carbocycles. The van der Waals surface area contributed by atoms with Gasteiger partial charge in [0, 0.05) is 29.0 Å². The van der Waals surface area contributed by atoms with Crippen molar-refractivity contribution >= 4 is 39.7 Å². The number of fused-ring (bicyclic) bond motifs is 1. The van der Waals surface area contributed by atoms with Gasteiger partial charge in [0.05, 0.1) is 11.7 Å². The molecule has 0 fully saturated rings. The molecular formula is C17H12N6O2S. The first-order chi connectivity index (χ1) is 12.6. The largest absolute Gasteiger partial charge is 0.364 e.